The summed E-state index contributed by atoms with van der Waals surface area (Å²) < 4.78 is 1.69. The van der Waals surface area contributed by atoms with Crippen LogP contribution in [0.2, 0.25) is 5.02 Å². The number of benzene rings is 1. The lowest BCUT2D eigenvalue weighted by atomic mass is 9.90. The Labute approximate surface area is 165 Å². The van der Waals surface area contributed by atoms with Crippen LogP contribution in [0.25, 0.3) is 5.69 Å². The molecule has 2 aromatic rings. The van der Waals surface area contributed by atoms with Gasteiger partial charge >= 0.3 is 0 Å². The minimum absolute atomic E-state index is 0. The number of amides is 1. The third-order valence-electron chi connectivity index (χ3n) is 4.76. The van der Waals surface area contributed by atoms with E-state index in [0.717, 1.165) is 30.8 Å². The van der Waals surface area contributed by atoms with Gasteiger partial charge in [-0.2, -0.15) is 0 Å². The summed E-state index contributed by atoms with van der Waals surface area (Å²) in [6.45, 7) is 6.08. The fourth-order valence-corrected chi connectivity index (χ4v) is 3.36. The normalized spacial score (nSPS) is 19.5. The van der Waals surface area contributed by atoms with Crippen LogP contribution in [0.3, 0.4) is 0 Å². The maximum atomic E-state index is 12.9. The number of likely N-dealkylation sites (tertiary alicyclic amines) is 1. The zero-order valence-corrected chi connectivity index (χ0v) is 16.7. The summed E-state index contributed by atoms with van der Waals surface area (Å²) in [7, 11) is 0. The molecule has 26 heavy (non-hydrogen) atoms. The highest BCUT2D eigenvalue weighted by Crippen LogP contribution is 2.29. The largest absolute Gasteiger partial charge is 0.335 e. The zero-order valence-electron chi connectivity index (χ0n) is 15.1. The van der Waals surface area contributed by atoms with Gasteiger partial charge in [-0.05, 0) is 36.9 Å². The van der Waals surface area contributed by atoms with E-state index >= 15 is 0 Å². The first-order valence-electron chi connectivity index (χ1n) is 8.67. The fourth-order valence-electron chi connectivity index (χ4n) is 3.14. The number of hydrogen-bond donors (Lipinski definition) is 1. The molecular weight excluding hydrogens is 373 g/mol. The van der Waals surface area contributed by atoms with E-state index < -0.39 is 0 Å². The molecule has 0 radical (unpaired) electrons. The lowest BCUT2D eigenvalue weighted by Crippen LogP contribution is -2.35. The molecule has 1 fully saturated rings. The number of carbonyl (C=O) groups is 1. The number of halogens is 2. The minimum atomic E-state index is -0.139. The van der Waals surface area contributed by atoms with Gasteiger partial charge in [-0.25, -0.2) is 9.67 Å². The van der Waals surface area contributed by atoms with Crippen molar-refractivity contribution in [3.05, 3.63) is 40.9 Å². The Bertz CT molecular complexity index is 779. The minimum Gasteiger partial charge on any atom is -0.335 e. The Balaban J connectivity index is 0.00000243. The molecule has 1 aliphatic rings. The van der Waals surface area contributed by atoms with Crippen molar-refractivity contribution in [3.63, 3.8) is 0 Å². The number of aryl methyl sites for hydroxylation is 1. The molecule has 3 rings (SSSR count). The number of hydrogen-bond acceptors (Lipinski definition) is 4. The maximum Gasteiger partial charge on any atom is 0.293 e. The van der Waals surface area contributed by atoms with Crippen LogP contribution in [0.1, 0.15) is 43.1 Å². The fraction of sp³-hybridized carbons (Fsp3) is 0.500. The summed E-state index contributed by atoms with van der Waals surface area (Å²) in [6.07, 6.45) is 2.54. The Morgan fingerprint density at radius 3 is 2.73 bits per heavy atom. The average Bonchev–Trinajstić information content (AvgIpc) is 3.20. The van der Waals surface area contributed by atoms with Gasteiger partial charge in [0.25, 0.3) is 5.91 Å². The molecule has 1 aliphatic heterocycles. The predicted molar refractivity (Wildman–Crippen MR) is 105 cm³/mol. The van der Waals surface area contributed by atoms with Crippen LogP contribution in [-0.2, 0) is 6.42 Å². The Morgan fingerprint density at radius 2 is 2.12 bits per heavy atom. The van der Waals surface area contributed by atoms with Crippen molar-refractivity contribution >= 4 is 29.9 Å². The highest BCUT2D eigenvalue weighted by atomic mass is 35.5. The average molecular weight is 398 g/mol. The van der Waals surface area contributed by atoms with Crippen LogP contribution in [0, 0.1) is 5.41 Å². The van der Waals surface area contributed by atoms with Gasteiger partial charge in [0, 0.05) is 19.5 Å². The summed E-state index contributed by atoms with van der Waals surface area (Å²) in [5.74, 6) is 0.838. The summed E-state index contributed by atoms with van der Waals surface area (Å²) >= 11 is 6.31. The number of nitrogens with zero attached hydrogens (tertiary/aromatic N) is 4. The molecule has 2 heterocycles. The maximum absolute atomic E-state index is 12.9. The van der Waals surface area contributed by atoms with Crippen LogP contribution in [-0.4, -0.2) is 45.2 Å². The van der Waals surface area contributed by atoms with Gasteiger partial charge in [0.05, 0.1) is 10.7 Å². The van der Waals surface area contributed by atoms with Gasteiger partial charge < -0.3 is 10.6 Å². The molecule has 1 saturated heterocycles. The third-order valence-corrected chi connectivity index (χ3v) is 5.08. The van der Waals surface area contributed by atoms with Crippen molar-refractivity contribution < 1.29 is 4.79 Å². The molecule has 142 valence electrons. The zero-order chi connectivity index (χ0) is 18.0. The Hall–Kier alpha value is -1.63. The van der Waals surface area contributed by atoms with E-state index in [4.69, 9.17) is 17.3 Å². The van der Waals surface area contributed by atoms with Crippen LogP contribution in [0.15, 0.2) is 24.3 Å². The predicted octanol–water partition coefficient (Wildman–Crippen LogP) is 3.11. The SMILES string of the molecule is CCCc1nc(C(=O)N2CCC(C)(CN)C2)nn1-c1ccccc1Cl.Cl. The molecule has 0 saturated carbocycles. The topological polar surface area (TPSA) is 77.0 Å². The molecule has 8 heteroatoms. The first kappa shape index (κ1) is 20.7. The molecule has 1 aromatic carbocycles. The van der Waals surface area contributed by atoms with Crippen molar-refractivity contribution in [2.45, 2.75) is 33.1 Å². The van der Waals surface area contributed by atoms with E-state index in [9.17, 15) is 4.79 Å². The molecule has 1 aromatic heterocycles. The molecule has 1 atom stereocenters. The van der Waals surface area contributed by atoms with Crippen LogP contribution >= 0.6 is 24.0 Å². The van der Waals surface area contributed by atoms with E-state index in [0.29, 0.717) is 24.7 Å². The van der Waals surface area contributed by atoms with Crippen molar-refractivity contribution in [1.29, 1.82) is 0 Å². The lowest BCUT2D eigenvalue weighted by molar-refractivity contribution is 0.0765. The Morgan fingerprint density at radius 1 is 1.38 bits per heavy atom. The number of aromatic nitrogens is 3. The molecule has 1 unspecified atom stereocenters. The molecule has 6 nitrogen and oxygen atoms in total. The number of para-hydroxylation sites is 1. The summed E-state index contributed by atoms with van der Waals surface area (Å²) in [5, 5.41) is 5.06. The van der Waals surface area contributed by atoms with Gasteiger partial charge in [0.15, 0.2) is 0 Å². The molecule has 0 spiro atoms. The number of nitrogens with two attached hydrogens (primary N) is 1. The molecule has 1 amide bonds. The van der Waals surface area contributed by atoms with Crippen molar-refractivity contribution in [2.24, 2.45) is 11.1 Å². The van der Waals surface area contributed by atoms with Crippen molar-refractivity contribution in [2.75, 3.05) is 19.6 Å². The van der Waals surface area contributed by atoms with Crippen LogP contribution in [0.4, 0.5) is 0 Å². The highest BCUT2D eigenvalue weighted by molar-refractivity contribution is 6.32. The van der Waals surface area contributed by atoms with E-state index in [1.807, 2.05) is 24.3 Å². The summed E-state index contributed by atoms with van der Waals surface area (Å²) in [4.78, 5) is 19.2. The highest BCUT2D eigenvalue weighted by Gasteiger charge is 2.36. The lowest BCUT2D eigenvalue weighted by Gasteiger charge is -2.21. The smallest absolute Gasteiger partial charge is 0.293 e. The second kappa shape index (κ2) is 8.37. The van der Waals surface area contributed by atoms with Crippen molar-refractivity contribution in [3.8, 4) is 5.69 Å². The Kier molecular flexibility index (Phi) is 6.66. The van der Waals surface area contributed by atoms with Gasteiger partial charge in [-0.1, -0.05) is 37.6 Å². The third kappa shape index (κ3) is 4.03. The van der Waals surface area contributed by atoms with E-state index in [1.165, 1.54) is 0 Å². The van der Waals surface area contributed by atoms with E-state index in [2.05, 4.69) is 23.9 Å². The quantitative estimate of drug-likeness (QED) is 0.840. The molecule has 0 aliphatic carbocycles. The van der Waals surface area contributed by atoms with Gasteiger partial charge in [-0.15, -0.1) is 17.5 Å². The summed E-state index contributed by atoms with van der Waals surface area (Å²) in [6, 6.07) is 7.45. The summed E-state index contributed by atoms with van der Waals surface area (Å²) in [5.41, 5.74) is 6.56. The standard InChI is InChI=1S/C18H24ClN5O.ClH/c1-3-6-15-21-16(17(25)23-10-9-18(2,11-20)12-23)22-24(15)14-8-5-4-7-13(14)19;/h4-5,7-8H,3,6,9-12,20H2,1-2H3;1H. The van der Waals surface area contributed by atoms with Crippen LogP contribution < -0.4 is 5.73 Å². The number of rotatable bonds is 5. The number of carbonyl (C=O) groups excluding carboxylic acids is 1. The monoisotopic (exact) mass is 397 g/mol. The van der Waals surface area contributed by atoms with Crippen LogP contribution in [0.5, 0.6) is 0 Å². The molecular formula is C18H25Cl2N5O. The first-order valence-corrected chi connectivity index (χ1v) is 9.05. The van der Waals surface area contributed by atoms with E-state index in [-0.39, 0.29) is 29.6 Å². The second-order valence-corrected chi connectivity index (χ2v) is 7.36. The van der Waals surface area contributed by atoms with Crippen molar-refractivity contribution in [1.82, 2.24) is 19.7 Å². The van der Waals surface area contributed by atoms with E-state index in [1.54, 1.807) is 9.58 Å². The second-order valence-electron chi connectivity index (χ2n) is 6.96. The first-order chi connectivity index (χ1) is 12.0. The van der Waals surface area contributed by atoms with Gasteiger partial charge in [-0.3, -0.25) is 4.79 Å². The van der Waals surface area contributed by atoms with Gasteiger partial charge in [0.2, 0.25) is 5.82 Å². The molecule has 0 bridgehead atoms. The molecule has 2 N–H and O–H groups in total. The van der Waals surface area contributed by atoms with Gasteiger partial charge in [0.1, 0.15) is 5.82 Å².